The molecule has 3 rings (SSSR count). The Morgan fingerprint density at radius 1 is 1.43 bits per heavy atom. The van der Waals surface area contributed by atoms with E-state index in [1.165, 1.54) is 40.8 Å². The average molecular weight is 326 g/mol. The maximum atomic E-state index is 5.03. The van der Waals surface area contributed by atoms with Crippen LogP contribution < -0.4 is 10.2 Å². The Morgan fingerprint density at radius 3 is 2.95 bits per heavy atom. The van der Waals surface area contributed by atoms with Crippen LogP contribution in [-0.4, -0.2) is 36.1 Å². The highest BCUT2D eigenvalue weighted by Gasteiger charge is 2.35. The Labute approximate surface area is 136 Å². The van der Waals surface area contributed by atoms with E-state index in [-0.39, 0.29) is 0 Å². The molecular formula is C16H27N3S2. The fourth-order valence-electron chi connectivity index (χ4n) is 3.43. The maximum absolute atomic E-state index is 5.03. The average Bonchev–Trinajstić information content (AvgIpc) is 2.89. The van der Waals surface area contributed by atoms with Crippen molar-refractivity contribution in [2.24, 2.45) is 5.41 Å². The third-order valence-electron chi connectivity index (χ3n) is 4.65. The van der Waals surface area contributed by atoms with E-state index in [9.17, 15) is 0 Å². The molecule has 2 unspecified atom stereocenters. The molecular weight excluding hydrogens is 298 g/mol. The van der Waals surface area contributed by atoms with Crippen LogP contribution in [0.25, 0.3) is 0 Å². The highest BCUT2D eigenvalue weighted by molar-refractivity contribution is 8.00. The Bertz CT molecular complexity index is 498. The predicted octanol–water partition coefficient (Wildman–Crippen LogP) is 3.71. The second kappa shape index (κ2) is 6.09. The van der Waals surface area contributed by atoms with Crippen LogP contribution in [-0.2, 0) is 6.42 Å². The van der Waals surface area contributed by atoms with Gasteiger partial charge in [-0.05, 0) is 31.7 Å². The Kier molecular flexibility index (Phi) is 4.53. The third kappa shape index (κ3) is 3.25. The lowest BCUT2D eigenvalue weighted by atomic mass is 9.76. The van der Waals surface area contributed by atoms with Crippen LogP contribution in [0.5, 0.6) is 0 Å². The van der Waals surface area contributed by atoms with E-state index < -0.39 is 0 Å². The van der Waals surface area contributed by atoms with Crippen LogP contribution in [0, 0.1) is 5.41 Å². The zero-order valence-electron chi connectivity index (χ0n) is 13.6. The normalized spacial score (nSPS) is 28.5. The molecule has 2 atom stereocenters. The van der Waals surface area contributed by atoms with E-state index >= 15 is 0 Å². The van der Waals surface area contributed by atoms with Gasteiger partial charge in [0.1, 0.15) is 0 Å². The van der Waals surface area contributed by atoms with Gasteiger partial charge in [-0.15, -0.1) is 0 Å². The number of fused-ring (bicyclic) bond motifs is 1. The molecule has 1 saturated heterocycles. The van der Waals surface area contributed by atoms with Crippen molar-refractivity contribution < 1.29 is 0 Å². The molecule has 2 aliphatic rings. The Hall–Kier alpha value is -0.260. The molecule has 1 fully saturated rings. The van der Waals surface area contributed by atoms with Gasteiger partial charge in [0.2, 0.25) is 0 Å². The topological polar surface area (TPSA) is 28.2 Å². The highest BCUT2D eigenvalue weighted by atomic mass is 32.2. The second-order valence-electron chi connectivity index (χ2n) is 7.04. The van der Waals surface area contributed by atoms with Crippen molar-refractivity contribution in [3.8, 4) is 0 Å². The van der Waals surface area contributed by atoms with E-state index in [0.717, 1.165) is 18.2 Å². The molecule has 5 heteroatoms. The molecule has 0 bridgehead atoms. The van der Waals surface area contributed by atoms with Gasteiger partial charge >= 0.3 is 0 Å². The summed E-state index contributed by atoms with van der Waals surface area (Å²) in [6.07, 6.45) is 3.60. The minimum absolute atomic E-state index is 0.357. The van der Waals surface area contributed by atoms with Gasteiger partial charge in [0.05, 0.1) is 5.69 Å². The summed E-state index contributed by atoms with van der Waals surface area (Å²) in [5.41, 5.74) is 1.70. The molecule has 0 aromatic carbocycles. The summed E-state index contributed by atoms with van der Waals surface area (Å²) in [6.45, 7) is 9.35. The van der Waals surface area contributed by atoms with E-state index in [1.807, 2.05) is 11.3 Å². The fourth-order valence-corrected chi connectivity index (χ4v) is 5.84. The van der Waals surface area contributed by atoms with Crippen LogP contribution in [0.15, 0.2) is 0 Å². The Balaban J connectivity index is 1.84. The lowest BCUT2D eigenvalue weighted by molar-refractivity contribution is 0.265. The number of rotatable bonds is 3. The smallest absolute Gasteiger partial charge is 0.185 e. The Morgan fingerprint density at radius 2 is 2.24 bits per heavy atom. The summed E-state index contributed by atoms with van der Waals surface area (Å²) in [5.74, 6) is 1.24. The second-order valence-corrected chi connectivity index (χ2v) is 9.46. The summed E-state index contributed by atoms with van der Waals surface area (Å²) < 4.78 is 0. The van der Waals surface area contributed by atoms with Crippen molar-refractivity contribution in [3.05, 3.63) is 10.6 Å². The van der Waals surface area contributed by atoms with Crippen LogP contribution in [0.3, 0.4) is 0 Å². The number of thiazole rings is 1. The van der Waals surface area contributed by atoms with Crippen LogP contribution in [0.1, 0.15) is 50.2 Å². The van der Waals surface area contributed by atoms with Gasteiger partial charge in [-0.3, -0.25) is 0 Å². The van der Waals surface area contributed by atoms with Gasteiger partial charge in [0, 0.05) is 35.0 Å². The number of aromatic nitrogens is 1. The molecule has 1 aromatic rings. The van der Waals surface area contributed by atoms with E-state index in [1.54, 1.807) is 0 Å². The molecule has 1 N–H and O–H groups in total. The number of thioether (sulfide) groups is 1. The zero-order valence-corrected chi connectivity index (χ0v) is 15.2. The summed E-state index contributed by atoms with van der Waals surface area (Å²) >= 11 is 4.05. The quantitative estimate of drug-likeness (QED) is 0.917. The molecule has 0 radical (unpaired) electrons. The molecule has 0 amide bonds. The molecule has 0 spiro atoms. The van der Waals surface area contributed by atoms with E-state index in [0.29, 0.717) is 11.5 Å². The lowest BCUT2D eigenvalue weighted by Gasteiger charge is -2.34. The molecule has 118 valence electrons. The van der Waals surface area contributed by atoms with Crippen molar-refractivity contribution in [1.29, 1.82) is 0 Å². The maximum Gasteiger partial charge on any atom is 0.185 e. The molecule has 1 aliphatic carbocycles. The molecule has 1 aliphatic heterocycles. The van der Waals surface area contributed by atoms with Crippen molar-refractivity contribution >= 4 is 28.2 Å². The van der Waals surface area contributed by atoms with Crippen LogP contribution in [0.4, 0.5) is 5.13 Å². The van der Waals surface area contributed by atoms with Gasteiger partial charge in [-0.25, -0.2) is 4.98 Å². The molecule has 2 heterocycles. The minimum Gasteiger partial charge on any atom is -0.346 e. The number of hydrogen-bond donors (Lipinski definition) is 1. The molecule has 3 nitrogen and oxygen atoms in total. The monoisotopic (exact) mass is 325 g/mol. The first-order chi connectivity index (χ1) is 10.0. The van der Waals surface area contributed by atoms with E-state index in [4.69, 9.17) is 4.98 Å². The largest absolute Gasteiger partial charge is 0.346 e. The lowest BCUT2D eigenvalue weighted by Crippen LogP contribution is -2.37. The van der Waals surface area contributed by atoms with Crippen molar-refractivity contribution in [1.82, 2.24) is 10.3 Å². The third-order valence-corrected chi connectivity index (χ3v) is 7.29. The number of anilines is 1. The predicted molar refractivity (Wildman–Crippen MR) is 94.8 cm³/mol. The first kappa shape index (κ1) is 15.6. The summed E-state index contributed by atoms with van der Waals surface area (Å²) in [5, 5.41) is 5.53. The van der Waals surface area contributed by atoms with Crippen molar-refractivity contribution in [3.63, 3.8) is 0 Å². The highest BCUT2D eigenvalue weighted by Crippen LogP contribution is 2.45. The fraction of sp³-hybridized carbons (Fsp3) is 0.812. The minimum atomic E-state index is 0.357. The van der Waals surface area contributed by atoms with Crippen LogP contribution >= 0.6 is 23.1 Å². The van der Waals surface area contributed by atoms with Crippen molar-refractivity contribution in [2.75, 3.05) is 30.8 Å². The first-order valence-electron chi connectivity index (χ1n) is 8.06. The number of hydrogen-bond acceptors (Lipinski definition) is 5. The number of nitrogens with zero attached hydrogens (tertiary/aromatic N) is 2. The SMILES string of the molecule is CCC1CN(c2nc3c(s2)C(NC)CC(C)(C)C3)CCS1. The molecule has 1 aromatic heterocycles. The van der Waals surface area contributed by atoms with Gasteiger partial charge in [-0.1, -0.05) is 32.1 Å². The molecule has 21 heavy (non-hydrogen) atoms. The summed E-state index contributed by atoms with van der Waals surface area (Å²) in [4.78, 5) is 9.04. The van der Waals surface area contributed by atoms with Gasteiger partial charge in [-0.2, -0.15) is 11.8 Å². The van der Waals surface area contributed by atoms with Crippen molar-refractivity contribution in [2.45, 2.75) is 51.3 Å². The number of nitrogens with one attached hydrogen (secondary N) is 1. The first-order valence-corrected chi connectivity index (χ1v) is 9.92. The van der Waals surface area contributed by atoms with Gasteiger partial charge < -0.3 is 10.2 Å². The molecule has 0 saturated carbocycles. The van der Waals surface area contributed by atoms with E-state index in [2.05, 4.69) is 49.8 Å². The van der Waals surface area contributed by atoms with Gasteiger partial charge in [0.15, 0.2) is 5.13 Å². The van der Waals surface area contributed by atoms with Gasteiger partial charge in [0.25, 0.3) is 0 Å². The standard InChI is InChI=1S/C16H27N3S2/c1-5-11-10-19(6-7-20-11)15-18-13-9-16(2,3)8-12(17-4)14(13)21-15/h11-12,17H,5-10H2,1-4H3. The summed E-state index contributed by atoms with van der Waals surface area (Å²) in [6, 6.07) is 0.483. The summed E-state index contributed by atoms with van der Waals surface area (Å²) in [7, 11) is 2.08. The zero-order chi connectivity index (χ0) is 15.0. The van der Waals surface area contributed by atoms with Crippen LogP contribution in [0.2, 0.25) is 0 Å².